The van der Waals surface area contributed by atoms with Crippen LogP contribution in [-0.2, 0) is 6.54 Å². The predicted octanol–water partition coefficient (Wildman–Crippen LogP) is 5.89. The predicted molar refractivity (Wildman–Crippen MR) is 142 cm³/mol. The van der Waals surface area contributed by atoms with Crippen LogP contribution in [0.15, 0.2) is 126 Å². The Morgan fingerprint density at radius 2 is 1.17 bits per heavy atom. The first kappa shape index (κ1) is 22.0. The van der Waals surface area contributed by atoms with Crippen molar-refractivity contribution in [3.8, 4) is 33.9 Å². The molecule has 170 valence electrons. The van der Waals surface area contributed by atoms with Crippen LogP contribution in [0.25, 0.3) is 33.9 Å². The molecule has 5 aromatic rings. The molecule has 4 aromatic carbocycles. The van der Waals surface area contributed by atoms with Gasteiger partial charge in [0.2, 0.25) is 0 Å². The first-order chi connectivity index (χ1) is 17.3. The highest BCUT2D eigenvalue weighted by Crippen LogP contribution is 2.28. The third kappa shape index (κ3) is 5.25. The molecule has 0 saturated heterocycles. The van der Waals surface area contributed by atoms with Gasteiger partial charge in [-0.2, -0.15) is 5.10 Å². The fourth-order valence-corrected chi connectivity index (χ4v) is 3.86. The van der Waals surface area contributed by atoms with Gasteiger partial charge in [-0.05, 0) is 11.6 Å². The van der Waals surface area contributed by atoms with Crippen molar-refractivity contribution in [2.24, 2.45) is 10.8 Å². The largest absolute Gasteiger partial charge is 0.382 e. The molecule has 5 rings (SSSR count). The van der Waals surface area contributed by atoms with E-state index in [0.29, 0.717) is 18.2 Å². The molecule has 1 heterocycles. The Morgan fingerprint density at radius 1 is 0.657 bits per heavy atom. The van der Waals surface area contributed by atoms with E-state index in [1.54, 1.807) is 0 Å². The normalized spacial score (nSPS) is 11.3. The zero-order valence-electron chi connectivity index (χ0n) is 19.2. The van der Waals surface area contributed by atoms with E-state index in [4.69, 9.17) is 15.7 Å². The Kier molecular flexibility index (Phi) is 6.58. The van der Waals surface area contributed by atoms with E-state index in [2.05, 4.69) is 40.9 Å². The van der Waals surface area contributed by atoms with Crippen molar-refractivity contribution in [1.29, 1.82) is 0 Å². The molecule has 0 spiro atoms. The van der Waals surface area contributed by atoms with Gasteiger partial charge in [-0.1, -0.05) is 115 Å². The molecule has 3 N–H and O–H groups in total. The summed E-state index contributed by atoms with van der Waals surface area (Å²) in [6.45, 7) is 0.489. The van der Waals surface area contributed by atoms with Gasteiger partial charge in [0.25, 0.3) is 0 Å². The Bertz CT molecular complexity index is 1370. The number of nitrogens with two attached hydrogens (primary N) is 1. The van der Waals surface area contributed by atoms with Crippen molar-refractivity contribution in [3.63, 3.8) is 0 Å². The summed E-state index contributed by atoms with van der Waals surface area (Å²) in [6, 6.07) is 40.2. The van der Waals surface area contributed by atoms with Gasteiger partial charge in [-0.15, -0.1) is 0 Å². The lowest BCUT2D eigenvalue weighted by molar-refractivity contribution is 0.743. The molecule has 35 heavy (non-hydrogen) atoms. The van der Waals surface area contributed by atoms with Crippen LogP contribution in [0, 0.1) is 0 Å². The fraction of sp³-hybridized carbons (Fsp3) is 0.0333. The molecule has 0 aliphatic heterocycles. The highest BCUT2D eigenvalue weighted by atomic mass is 15.3. The fourth-order valence-electron chi connectivity index (χ4n) is 3.86. The maximum absolute atomic E-state index is 6.14. The second kappa shape index (κ2) is 10.4. The molecule has 0 atom stereocenters. The molecular formula is C30H25N5. The second-order valence-corrected chi connectivity index (χ2v) is 8.05. The number of hydrogen-bond acceptors (Lipinski definition) is 4. The minimum Gasteiger partial charge on any atom is -0.382 e. The van der Waals surface area contributed by atoms with Crippen molar-refractivity contribution in [2.45, 2.75) is 6.54 Å². The number of nitrogens with one attached hydrogen (secondary N) is 1. The van der Waals surface area contributed by atoms with E-state index in [0.717, 1.165) is 39.2 Å². The zero-order valence-corrected chi connectivity index (χ0v) is 19.2. The molecule has 0 saturated carbocycles. The van der Waals surface area contributed by atoms with Gasteiger partial charge >= 0.3 is 0 Å². The molecule has 0 fully saturated rings. The summed E-state index contributed by atoms with van der Waals surface area (Å²) in [5, 5.41) is 4.36. The van der Waals surface area contributed by atoms with E-state index in [9.17, 15) is 0 Å². The number of amidine groups is 1. The Morgan fingerprint density at radius 3 is 1.77 bits per heavy atom. The standard InChI is InChI=1S/C30H25N5/c31-29(24-16-8-3-9-17-24)35-32-21-25-18-10-11-19-26(25)30-33-27(22-12-4-1-5-13-22)20-28(34-30)23-14-6-2-7-15-23/h1-20,32H,21H2,(H2,31,35). The summed E-state index contributed by atoms with van der Waals surface area (Å²) < 4.78 is 0. The third-order valence-corrected chi connectivity index (χ3v) is 5.66. The Balaban J connectivity index is 1.51. The van der Waals surface area contributed by atoms with Crippen molar-refractivity contribution >= 4 is 5.84 Å². The molecule has 0 radical (unpaired) electrons. The van der Waals surface area contributed by atoms with Crippen molar-refractivity contribution in [1.82, 2.24) is 15.4 Å². The summed E-state index contributed by atoms with van der Waals surface area (Å²) in [5.74, 6) is 1.11. The number of hydrogen-bond donors (Lipinski definition) is 2. The van der Waals surface area contributed by atoms with Gasteiger partial charge in [-0.3, -0.25) is 0 Å². The summed E-state index contributed by atoms with van der Waals surface area (Å²) in [4.78, 5) is 9.90. The van der Waals surface area contributed by atoms with Gasteiger partial charge < -0.3 is 11.2 Å². The first-order valence-corrected chi connectivity index (χ1v) is 11.5. The van der Waals surface area contributed by atoms with Gasteiger partial charge in [-0.25, -0.2) is 9.97 Å². The van der Waals surface area contributed by atoms with E-state index in [-0.39, 0.29) is 0 Å². The highest BCUT2D eigenvalue weighted by molar-refractivity contribution is 5.97. The van der Waals surface area contributed by atoms with Crippen LogP contribution >= 0.6 is 0 Å². The molecule has 0 amide bonds. The molecule has 0 unspecified atom stereocenters. The van der Waals surface area contributed by atoms with E-state index >= 15 is 0 Å². The summed E-state index contributed by atoms with van der Waals surface area (Å²) >= 11 is 0. The minimum atomic E-state index is 0.441. The number of hydrazone groups is 1. The molecule has 0 bridgehead atoms. The van der Waals surface area contributed by atoms with Crippen LogP contribution in [0.5, 0.6) is 0 Å². The number of aromatic nitrogens is 2. The van der Waals surface area contributed by atoms with Gasteiger partial charge in [0, 0.05) is 22.3 Å². The number of rotatable bonds is 7. The van der Waals surface area contributed by atoms with Crippen molar-refractivity contribution < 1.29 is 0 Å². The van der Waals surface area contributed by atoms with Crippen LogP contribution < -0.4 is 11.2 Å². The van der Waals surface area contributed by atoms with Gasteiger partial charge in [0.1, 0.15) is 0 Å². The number of benzene rings is 4. The maximum Gasteiger partial charge on any atom is 0.160 e. The molecule has 5 heteroatoms. The monoisotopic (exact) mass is 455 g/mol. The molecule has 0 aliphatic rings. The summed E-state index contributed by atoms with van der Waals surface area (Å²) in [7, 11) is 0. The van der Waals surface area contributed by atoms with E-state index < -0.39 is 0 Å². The first-order valence-electron chi connectivity index (χ1n) is 11.5. The molecule has 1 aromatic heterocycles. The lowest BCUT2D eigenvalue weighted by atomic mass is 10.0. The van der Waals surface area contributed by atoms with Crippen LogP contribution in [0.1, 0.15) is 11.1 Å². The second-order valence-electron chi connectivity index (χ2n) is 8.05. The smallest absolute Gasteiger partial charge is 0.160 e. The summed E-state index contributed by atoms with van der Waals surface area (Å²) in [5.41, 5.74) is 15.9. The molecule has 5 nitrogen and oxygen atoms in total. The zero-order chi connectivity index (χ0) is 23.9. The van der Waals surface area contributed by atoms with Crippen LogP contribution in [0.2, 0.25) is 0 Å². The maximum atomic E-state index is 6.14. The Labute approximate surface area is 205 Å². The van der Waals surface area contributed by atoms with E-state index in [1.807, 2.05) is 91.0 Å². The highest BCUT2D eigenvalue weighted by Gasteiger charge is 2.13. The average Bonchev–Trinajstić information content (AvgIpc) is 2.94. The molecular weight excluding hydrogens is 430 g/mol. The van der Waals surface area contributed by atoms with Crippen molar-refractivity contribution in [3.05, 3.63) is 132 Å². The van der Waals surface area contributed by atoms with Crippen LogP contribution in [0.3, 0.4) is 0 Å². The average molecular weight is 456 g/mol. The van der Waals surface area contributed by atoms with Crippen molar-refractivity contribution in [2.75, 3.05) is 0 Å². The summed E-state index contributed by atoms with van der Waals surface area (Å²) in [6.07, 6.45) is 0. The SMILES string of the molecule is N/C(=N\NCc1ccccc1-c1nc(-c2ccccc2)cc(-c2ccccc2)n1)c1ccccc1. The van der Waals surface area contributed by atoms with Gasteiger partial charge in [0.05, 0.1) is 17.9 Å². The molecule has 0 aliphatic carbocycles. The minimum absolute atomic E-state index is 0.441. The van der Waals surface area contributed by atoms with Gasteiger partial charge in [0.15, 0.2) is 11.7 Å². The van der Waals surface area contributed by atoms with Crippen LogP contribution in [0.4, 0.5) is 0 Å². The lowest BCUT2D eigenvalue weighted by Gasteiger charge is -2.12. The quantitative estimate of drug-likeness (QED) is 0.182. The van der Waals surface area contributed by atoms with E-state index in [1.165, 1.54) is 0 Å². The number of nitrogens with zero attached hydrogens (tertiary/aromatic N) is 3. The topological polar surface area (TPSA) is 76.2 Å². The van der Waals surface area contributed by atoms with Crippen LogP contribution in [-0.4, -0.2) is 15.8 Å². The lowest BCUT2D eigenvalue weighted by Crippen LogP contribution is -2.19. The Hall–Kier alpha value is -4.77. The third-order valence-electron chi connectivity index (χ3n) is 5.66.